The minimum atomic E-state index is -0.143. The molecule has 2 N–H and O–H groups in total. The highest BCUT2D eigenvalue weighted by molar-refractivity contribution is 9.10. The first-order valence-corrected chi connectivity index (χ1v) is 7.17. The molecule has 18 heavy (non-hydrogen) atoms. The lowest BCUT2D eigenvalue weighted by Gasteiger charge is -2.24. The van der Waals surface area contributed by atoms with E-state index in [0.29, 0.717) is 6.61 Å². The van der Waals surface area contributed by atoms with Gasteiger partial charge in [-0.05, 0) is 59.0 Å². The highest BCUT2D eigenvalue weighted by atomic mass is 79.9. The molecule has 1 aliphatic rings. The molecule has 0 spiro atoms. The molecule has 0 heterocycles. The first-order valence-electron chi connectivity index (χ1n) is 6.37. The van der Waals surface area contributed by atoms with E-state index in [9.17, 15) is 0 Å². The Hall–Kier alpha value is -0.800. The standard InChI is InChI=1S/C15H20BrNO/c1-11(2)10-18-14-6-5-12(9-13(14)16)15(17)7-3-4-8-15/h5-6,9H,1,3-4,7-8,10,17H2,2H3. The molecule has 2 nitrogen and oxygen atoms in total. The second kappa shape index (κ2) is 5.45. The van der Waals surface area contributed by atoms with Crippen LogP contribution in [0, 0.1) is 0 Å². The maximum absolute atomic E-state index is 6.45. The molecule has 3 heteroatoms. The smallest absolute Gasteiger partial charge is 0.133 e. The maximum atomic E-state index is 6.45. The van der Waals surface area contributed by atoms with Crippen LogP contribution in [0.4, 0.5) is 0 Å². The lowest BCUT2D eigenvalue weighted by molar-refractivity contribution is 0.349. The van der Waals surface area contributed by atoms with Crippen LogP contribution in [0.5, 0.6) is 5.75 Å². The van der Waals surface area contributed by atoms with Crippen molar-refractivity contribution in [1.82, 2.24) is 0 Å². The zero-order valence-corrected chi connectivity index (χ0v) is 12.4. The molecule has 0 unspecified atom stereocenters. The number of halogens is 1. The molecular weight excluding hydrogens is 290 g/mol. The zero-order valence-electron chi connectivity index (χ0n) is 10.8. The van der Waals surface area contributed by atoms with Gasteiger partial charge in [0.2, 0.25) is 0 Å². The lowest BCUT2D eigenvalue weighted by Crippen LogP contribution is -2.32. The van der Waals surface area contributed by atoms with E-state index in [0.717, 1.165) is 28.6 Å². The van der Waals surface area contributed by atoms with E-state index < -0.39 is 0 Å². The van der Waals surface area contributed by atoms with Crippen LogP contribution in [0.1, 0.15) is 38.2 Å². The maximum Gasteiger partial charge on any atom is 0.133 e. The van der Waals surface area contributed by atoms with Crippen LogP contribution in [0.15, 0.2) is 34.8 Å². The Morgan fingerprint density at radius 1 is 1.44 bits per heavy atom. The molecule has 2 rings (SSSR count). The van der Waals surface area contributed by atoms with Gasteiger partial charge in [-0.2, -0.15) is 0 Å². The van der Waals surface area contributed by atoms with Crippen molar-refractivity contribution < 1.29 is 4.74 Å². The molecule has 0 radical (unpaired) electrons. The van der Waals surface area contributed by atoms with Gasteiger partial charge in [-0.25, -0.2) is 0 Å². The van der Waals surface area contributed by atoms with E-state index >= 15 is 0 Å². The number of hydrogen-bond acceptors (Lipinski definition) is 2. The summed E-state index contributed by atoms with van der Waals surface area (Å²) in [4.78, 5) is 0. The predicted octanol–water partition coefficient (Wildman–Crippen LogP) is 4.13. The van der Waals surface area contributed by atoms with Crippen molar-refractivity contribution in [2.45, 2.75) is 38.1 Å². The van der Waals surface area contributed by atoms with Gasteiger partial charge in [0.15, 0.2) is 0 Å². The van der Waals surface area contributed by atoms with Crippen molar-refractivity contribution >= 4 is 15.9 Å². The van der Waals surface area contributed by atoms with Crippen LogP contribution in [-0.2, 0) is 5.54 Å². The van der Waals surface area contributed by atoms with Crippen LogP contribution in [0.3, 0.4) is 0 Å². The van der Waals surface area contributed by atoms with E-state index in [1.807, 2.05) is 13.0 Å². The molecule has 0 bridgehead atoms. The van der Waals surface area contributed by atoms with E-state index in [2.05, 4.69) is 34.6 Å². The summed E-state index contributed by atoms with van der Waals surface area (Å²) in [5.74, 6) is 0.850. The third-order valence-corrected chi connectivity index (χ3v) is 4.10. The van der Waals surface area contributed by atoms with Gasteiger partial charge in [0.05, 0.1) is 4.47 Å². The topological polar surface area (TPSA) is 35.2 Å². The van der Waals surface area contributed by atoms with Gasteiger partial charge in [0.25, 0.3) is 0 Å². The molecule has 0 saturated heterocycles. The SMILES string of the molecule is C=C(C)COc1ccc(C2(N)CCCC2)cc1Br. The van der Waals surface area contributed by atoms with Gasteiger partial charge in [-0.15, -0.1) is 0 Å². The predicted molar refractivity (Wildman–Crippen MR) is 78.8 cm³/mol. The molecule has 1 aromatic rings. The summed E-state index contributed by atoms with van der Waals surface area (Å²) in [6.45, 7) is 6.33. The average Bonchev–Trinajstić information content (AvgIpc) is 2.75. The number of rotatable bonds is 4. The highest BCUT2D eigenvalue weighted by Crippen LogP contribution is 2.39. The number of nitrogens with two attached hydrogens (primary N) is 1. The van der Waals surface area contributed by atoms with Crippen LogP contribution in [0.2, 0.25) is 0 Å². The summed E-state index contributed by atoms with van der Waals surface area (Å²) >= 11 is 3.56. The molecule has 0 amide bonds. The fourth-order valence-corrected chi connectivity index (χ4v) is 2.92. The van der Waals surface area contributed by atoms with Crippen molar-refractivity contribution in [3.05, 3.63) is 40.4 Å². The van der Waals surface area contributed by atoms with Crippen molar-refractivity contribution in [3.8, 4) is 5.75 Å². The lowest BCUT2D eigenvalue weighted by atomic mass is 9.89. The summed E-state index contributed by atoms with van der Waals surface area (Å²) in [7, 11) is 0. The monoisotopic (exact) mass is 309 g/mol. The fraction of sp³-hybridized carbons (Fsp3) is 0.467. The molecule has 98 valence electrons. The summed E-state index contributed by atoms with van der Waals surface area (Å²) in [6, 6.07) is 6.18. The third kappa shape index (κ3) is 2.96. The minimum absolute atomic E-state index is 0.143. The normalized spacial score (nSPS) is 17.7. The Labute approximate surface area is 117 Å². The van der Waals surface area contributed by atoms with Crippen molar-refractivity contribution in [3.63, 3.8) is 0 Å². The van der Waals surface area contributed by atoms with Crippen molar-refractivity contribution in [1.29, 1.82) is 0 Å². The van der Waals surface area contributed by atoms with Gasteiger partial charge in [-0.3, -0.25) is 0 Å². The third-order valence-electron chi connectivity index (χ3n) is 3.48. The van der Waals surface area contributed by atoms with Crippen molar-refractivity contribution in [2.24, 2.45) is 5.73 Å². The van der Waals surface area contributed by atoms with Gasteiger partial charge in [0, 0.05) is 5.54 Å². The second-order valence-electron chi connectivity index (χ2n) is 5.25. The molecule has 0 atom stereocenters. The molecular formula is C15H20BrNO. The number of ether oxygens (including phenoxy) is 1. The van der Waals surface area contributed by atoms with Crippen LogP contribution < -0.4 is 10.5 Å². The molecule has 1 fully saturated rings. The van der Waals surface area contributed by atoms with Gasteiger partial charge in [0.1, 0.15) is 12.4 Å². The summed E-state index contributed by atoms with van der Waals surface area (Å²) in [6.07, 6.45) is 4.60. The Morgan fingerprint density at radius 2 is 2.11 bits per heavy atom. The Balaban J connectivity index is 2.16. The first-order chi connectivity index (χ1) is 8.51. The molecule has 0 aliphatic heterocycles. The van der Waals surface area contributed by atoms with Gasteiger partial charge in [-0.1, -0.05) is 25.5 Å². The van der Waals surface area contributed by atoms with Crippen molar-refractivity contribution in [2.75, 3.05) is 6.61 Å². The average molecular weight is 310 g/mol. The number of benzene rings is 1. The van der Waals surface area contributed by atoms with Gasteiger partial charge < -0.3 is 10.5 Å². The van der Waals surface area contributed by atoms with E-state index in [4.69, 9.17) is 10.5 Å². The minimum Gasteiger partial charge on any atom is -0.488 e. The van der Waals surface area contributed by atoms with E-state index in [-0.39, 0.29) is 5.54 Å². The van der Waals surface area contributed by atoms with E-state index in [1.165, 1.54) is 18.4 Å². The van der Waals surface area contributed by atoms with Crippen LogP contribution in [-0.4, -0.2) is 6.61 Å². The van der Waals surface area contributed by atoms with Gasteiger partial charge >= 0.3 is 0 Å². The molecule has 1 saturated carbocycles. The first kappa shape index (κ1) is 13.6. The quantitative estimate of drug-likeness (QED) is 0.849. The summed E-state index contributed by atoms with van der Waals surface area (Å²) in [5, 5.41) is 0. The summed E-state index contributed by atoms with van der Waals surface area (Å²) in [5.41, 5.74) is 8.52. The Bertz CT molecular complexity index is 450. The molecule has 0 aromatic heterocycles. The Kier molecular flexibility index (Phi) is 4.13. The highest BCUT2D eigenvalue weighted by Gasteiger charge is 2.31. The van der Waals surface area contributed by atoms with E-state index in [1.54, 1.807) is 0 Å². The second-order valence-corrected chi connectivity index (χ2v) is 6.11. The van der Waals surface area contributed by atoms with Crippen LogP contribution >= 0.6 is 15.9 Å². The zero-order chi connectivity index (χ0) is 13.2. The van der Waals surface area contributed by atoms with Crippen LogP contribution in [0.25, 0.3) is 0 Å². The molecule has 1 aliphatic carbocycles. The summed E-state index contributed by atoms with van der Waals surface area (Å²) < 4.78 is 6.63. The fourth-order valence-electron chi connectivity index (χ4n) is 2.42. The number of hydrogen-bond donors (Lipinski definition) is 1. The Morgan fingerprint density at radius 3 is 2.67 bits per heavy atom. The largest absolute Gasteiger partial charge is 0.488 e. The molecule has 1 aromatic carbocycles.